The van der Waals surface area contributed by atoms with Gasteiger partial charge in [0.05, 0.1) is 71.5 Å². The molecule has 14 unspecified atom stereocenters. The van der Waals surface area contributed by atoms with Crippen LogP contribution in [0, 0.1) is 82.9 Å². The first kappa shape index (κ1) is 83.8. The van der Waals surface area contributed by atoms with Crippen LogP contribution in [0.25, 0.3) is 11.1 Å². The highest BCUT2D eigenvalue weighted by Crippen LogP contribution is 2.51. The largest absolute Gasteiger partial charge is 0.457 e. The maximum Gasteiger partial charge on any atom is 0.321 e. The van der Waals surface area contributed by atoms with Crippen LogP contribution < -0.4 is 58.1 Å². The molecule has 122 heavy (non-hydrogen) atoms. The number of nitrogens with two attached hydrogens (primary N) is 6. The van der Waals surface area contributed by atoms with E-state index >= 15 is 0 Å². The van der Waals surface area contributed by atoms with Crippen molar-refractivity contribution >= 4 is 106 Å². The van der Waals surface area contributed by atoms with E-state index in [1.807, 2.05) is 170 Å². The molecular weight excluding hydrogens is 1570 g/mol. The Labute approximate surface area is 699 Å². The highest BCUT2D eigenvalue weighted by molar-refractivity contribution is 6.02. The minimum absolute atomic E-state index is 0.0354. The summed E-state index contributed by atoms with van der Waals surface area (Å²) in [4.78, 5) is 138. The number of nitrogen functional groups attached to an aromatic ring is 6. The first-order valence-corrected chi connectivity index (χ1v) is 39.7. The number of cyclic esters (lactones) is 12. The van der Waals surface area contributed by atoms with Gasteiger partial charge in [0, 0.05) is 64.5 Å². The molecule has 0 amide bonds. The summed E-state index contributed by atoms with van der Waals surface area (Å²) in [6.45, 7) is 1.74. The number of carbonyl (C=O) groups is 12. The molecule has 4 aliphatic carbocycles. The summed E-state index contributed by atoms with van der Waals surface area (Å²) in [5.74, 6) is -3.47. The molecule has 29 nitrogen and oxygen atoms in total. The van der Waals surface area contributed by atoms with Crippen molar-refractivity contribution in [2.75, 3.05) is 34.4 Å². The Hall–Kier alpha value is -14.6. The highest BCUT2D eigenvalue weighted by Gasteiger charge is 2.58. The third-order valence-corrected chi connectivity index (χ3v) is 23.0. The number of hydrogen-bond acceptors (Lipinski definition) is 29. The van der Waals surface area contributed by atoms with Crippen LogP contribution in [0.15, 0.2) is 230 Å². The Morgan fingerprint density at radius 2 is 0.533 bits per heavy atom. The fourth-order valence-electron chi connectivity index (χ4n) is 16.9. The van der Waals surface area contributed by atoms with Gasteiger partial charge in [-0.15, -0.1) is 0 Å². The molecular formula is C93H86N6O23. The summed E-state index contributed by atoms with van der Waals surface area (Å²) < 4.78 is 56.5. The maximum absolute atomic E-state index is 11.8. The number of carbonyl (C=O) groups excluding carboxylic acids is 12. The fraction of sp³-hybridized carbons (Fsp3) is 0.269. The minimum atomic E-state index is -0.583. The third kappa shape index (κ3) is 20.4. The lowest BCUT2D eigenvalue weighted by Crippen LogP contribution is -2.35. The number of anilines is 6. The lowest BCUT2D eigenvalue weighted by molar-refractivity contribution is -0.156. The van der Waals surface area contributed by atoms with E-state index in [9.17, 15) is 57.5 Å². The lowest BCUT2D eigenvalue weighted by Gasteiger charge is -2.37. The monoisotopic (exact) mass is 1650 g/mol. The topological polar surface area (TPSA) is 462 Å². The third-order valence-electron chi connectivity index (χ3n) is 23.0. The summed E-state index contributed by atoms with van der Waals surface area (Å²) in [6, 6.07) is 67.0. The highest BCUT2D eigenvalue weighted by atomic mass is 16.6. The van der Waals surface area contributed by atoms with Crippen LogP contribution >= 0.6 is 0 Å². The zero-order chi connectivity index (χ0) is 86.0. The predicted octanol–water partition coefficient (Wildman–Crippen LogP) is 14.2. The molecule has 10 aliphatic rings. The van der Waals surface area contributed by atoms with Crippen molar-refractivity contribution < 1.29 is 110 Å². The van der Waals surface area contributed by atoms with Gasteiger partial charge in [-0.05, 0) is 227 Å². The second kappa shape index (κ2) is 37.1. The molecule has 19 rings (SSSR count). The molecule has 0 radical (unpaired) electrons. The molecule has 6 heterocycles. The van der Waals surface area contributed by atoms with Gasteiger partial charge in [0.1, 0.15) is 57.5 Å². The van der Waals surface area contributed by atoms with Gasteiger partial charge in [0.15, 0.2) is 0 Å². The van der Waals surface area contributed by atoms with Crippen molar-refractivity contribution in [3.63, 3.8) is 0 Å². The van der Waals surface area contributed by atoms with Crippen molar-refractivity contribution in [3.05, 3.63) is 230 Å². The van der Waals surface area contributed by atoms with E-state index in [4.69, 9.17) is 67.6 Å². The van der Waals surface area contributed by atoms with E-state index in [2.05, 4.69) is 18.9 Å². The Morgan fingerprint density at radius 1 is 0.254 bits per heavy atom. The summed E-state index contributed by atoms with van der Waals surface area (Å²) >= 11 is 0. The van der Waals surface area contributed by atoms with Gasteiger partial charge in [-0.3, -0.25) is 57.5 Å². The van der Waals surface area contributed by atoms with E-state index in [0.717, 1.165) is 75.4 Å². The zero-order valence-corrected chi connectivity index (χ0v) is 65.9. The average molecular weight is 1660 g/mol. The van der Waals surface area contributed by atoms with Gasteiger partial charge in [-0.25, -0.2) is 0 Å². The van der Waals surface area contributed by atoms with E-state index < -0.39 is 89.2 Å². The van der Waals surface area contributed by atoms with E-state index in [-0.39, 0.29) is 72.7 Å². The Balaban J connectivity index is 0.000000121. The number of hydrogen-bond donors (Lipinski definition) is 6. The minimum Gasteiger partial charge on any atom is -0.457 e. The van der Waals surface area contributed by atoms with Gasteiger partial charge in [-0.1, -0.05) is 66.2 Å². The second-order valence-corrected chi connectivity index (χ2v) is 31.1. The molecule has 9 fully saturated rings. The van der Waals surface area contributed by atoms with Gasteiger partial charge in [0.2, 0.25) is 0 Å². The number of allylic oxidation sites excluding steroid dienone is 1. The Bertz CT molecular complexity index is 5220. The first-order chi connectivity index (χ1) is 58.7. The first-order valence-electron chi connectivity index (χ1n) is 39.7. The van der Waals surface area contributed by atoms with Gasteiger partial charge in [-0.2, -0.15) is 0 Å². The summed E-state index contributed by atoms with van der Waals surface area (Å²) in [5, 5.41) is 0. The maximum atomic E-state index is 11.8. The Morgan fingerprint density at radius 3 is 0.869 bits per heavy atom. The van der Waals surface area contributed by atoms with Crippen molar-refractivity contribution in [1.82, 2.24) is 0 Å². The number of benzene rings is 9. The molecule has 0 aromatic heterocycles. The van der Waals surface area contributed by atoms with Gasteiger partial charge in [0.25, 0.3) is 0 Å². The molecule has 9 aromatic carbocycles. The predicted molar refractivity (Wildman–Crippen MR) is 439 cm³/mol. The number of esters is 12. The van der Waals surface area contributed by atoms with E-state index in [1.54, 1.807) is 61.5 Å². The number of rotatable bonds is 13. The molecule has 0 bridgehead atoms. The molecule has 29 heteroatoms. The molecule has 6 aliphatic heterocycles. The summed E-state index contributed by atoms with van der Waals surface area (Å²) in [6.07, 6.45) is 7.03. The summed E-state index contributed by atoms with van der Waals surface area (Å²) in [7, 11) is 0. The van der Waals surface area contributed by atoms with Crippen LogP contribution in [0.5, 0.6) is 57.5 Å². The van der Waals surface area contributed by atoms with Crippen molar-refractivity contribution in [2.45, 2.75) is 71.1 Å². The van der Waals surface area contributed by atoms with Crippen LogP contribution in [0.1, 0.15) is 71.1 Å². The second-order valence-electron chi connectivity index (χ2n) is 31.1. The summed E-state index contributed by atoms with van der Waals surface area (Å²) in [5.41, 5.74) is 41.2. The standard InChI is InChI=1S/C24H20N2O2.C18H16N2O2.C16H18O6.C13H12O6.C12H12N2O.C10H8O6/c25-19-3-1-5-23(15-19)27-21-11-7-17(8-12-21)18-9-13-22(14-10-18)28-24-6-2-4-20(26)16-24;19-13-4-1-6-15(10-13)21-17-8-3-9-18(12-17)22-16-7-2-5-14(20)11-16;17-13-9-3-1-7(5-11(9)15(19)21-13)8-2-4-10-12(6-8)16(20)22-14(10)18;1-5-2-6(7-4-9(14)18-11(7)15)3-8-10(5)13(17)19-12(8)16;13-9-1-5-11(6-2-9)15-12-7-3-10(14)4-8-12;11-7-3-1-4-6(10(14)16-8(4)12)2-5(3)9(13)15-7/h1-16H,25-26H2;1-12H,19-20H2;7-12H,1-6H2;2,6-8,10H,3-4H2,1H3;1-8H,13-14H2;3-6H,1-2H2. The van der Waals surface area contributed by atoms with Crippen LogP contribution in [0.4, 0.5) is 34.1 Å². The van der Waals surface area contributed by atoms with Crippen LogP contribution in [0.3, 0.4) is 0 Å². The molecule has 626 valence electrons. The quantitative estimate of drug-likeness (QED) is 0.0205. The molecule has 14 atom stereocenters. The van der Waals surface area contributed by atoms with Crippen molar-refractivity contribution in [2.24, 2.45) is 82.9 Å². The van der Waals surface area contributed by atoms with Crippen LogP contribution in [0.2, 0.25) is 0 Å². The smallest absolute Gasteiger partial charge is 0.321 e. The molecule has 3 saturated carbocycles. The Kier molecular flexibility index (Phi) is 25.5. The molecule has 12 N–H and O–H groups in total. The zero-order valence-electron chi connectivity index (χ0n) is 65.9. The lowest BCUT2D eigenvalue weighted by atomic mass is 9.64. The van der Waals surface area contributed by atoms with Crippen molar-refractivity contribution in [1.29, 1.82) is 0 Å². The van der Waals surface area contributed by atoms with Crippen molar-refractivity contribution in [3.8, 4) is 68.6 Å². The van der Waals surface area contributed by atoms with Crippen LogP contribution in [-0.2, 0) is 86.0 Å². The number of ether oxygens (including phenoxy) is 11. The normalized spacial score (nSPS) is 24.8. The molecule has 0 spiro atoms. The molecule has 6 saturated heterocycles. The van der Waals surface area contributed by atoms with Gasteiger partial charge >= 0.3 is 71.6 Å². The SMILES string of the molecule is CC1=CC(C2CC(=O)OC2=O)CC2C(=O)OC(=O)C12.Nc1ccc(Oc2ccc(N)cc2)cc1.Nc1cccc(Oc2ccc(-c3ccc(Oc4cccc(N)c4)cc3)cc2)c1.Nc1cccc(Oc2cccc(Oc3cccc(N)c3)c2)c1.O=C1OC(=O)C2CC(C3CCC4C(=O)OC(=O)C4C3)CCC12.O=C1OC(=O)C2CC3C(=O)OC(=O)C3CC12. The fourth-order valence-corrected chi connectivity index (χ4v) is 16.9. The van der Waals surface area contributed by atoms with Gasteiger partial charge < -0.3 is 86.5 Å². The number of fused-ring (bicyclic) bond motifs is 5. The van der Waals surface area contributed by atoms with Crippen LogP contribution in [-0.4, -0.2) is 71.6 Å². The van der Waals surface area contributed by atoms with E-state index in [0.29, 0.717) is 89.7 Å². The molecule has 9 aromatic rings. The average Bonchev–Trinajstić information content (AvgIpc) is 1.61. The van der Waals surface area contributed by atoms with E-state index in [1.165, 1.54) is 0 Å².